The second-order valence-electron chi connectivity index (χ2n) is 4.24. The van der Waals surface area contributed by atoms with Crippen molar-refractivity contribution in [3.05, 3.63) is 29.6 Å². The molecule has 0 N–H and O–H groups in total. The van der Waals surface area contributed by atoms with E-state index in [1.807, 2.05) is 6.92 Å². The Hall–Kier alpha value is -0.610. The Morgan fingerprint density at radius 1 is 1.47 bits per heavy atom. The fourth-order valence-corrected chi connectivity index (χ4v) is 2.73. The highest BCUT2D eigenvalue weighted by Crippen LogP contribution is 2.34. The van der Waals surface area contributed by atoms with Gasteiger partial charge in [-0.2, -0.15) is 0 Å². The number of hydrogen-bond donors (Lipinski definition) is 0. The zero-order valence-electron chi connectivity index (χ0n) is 9.95. The highest BCUT2D eigenvalue weighted by Gasteiger charge is 2.42. The lowest BCUT2D eigenvalue weighted by Gasteiger charge is -2.40. The Morgan fingerprint density at radius 3 is 2.82 bits per heavy atom. The second-order valence-corrected chi connectivity index (χ2v) is 5.42. The van der Waals surface area contributed by atoms with Crippen molar-refractivity contribution < 1.29 is 13.9 Å². The lowest BCUT2D eigenvalue weighted by Crippen LogP contribution is -2.52. The highest BCUT2D eigenvalue weighted by molar-refractivity contribution is 9.09. The number of rotatable bonds is 4. The Labute approximate surface area is 109 Å². The van der Waals surface area contributed by atoms with Crippen LogP contribution >= 0.6 is 15.9 Å². The van der Waals surface area contributed by atoms with E-state index in [0.29, 0.717) is 22.7 Å². The maximum absolute atomic E-state index is 13.4. The minimum Gasteiger partial charge on any atom is -0.488 e. The van der Waals surface area contributed by atoms with E-state index in [0.717, 1.165) is 6.42 Å². The fourth-order valence-electron chi connectivity index (χ4n) is 1.87. The molecule has 0 spiro atoms. The first-order valence-electron chi connectivity index (χ1n) is 5.80. The van der Waals surface area contributed by atoms with Gasteiger partial charge in [-0.25, -0.2) is 4.39 Å². The van der Waals surface area contributed by atoms with Crippen LogP contribution in [-0.2, 0) is 4.74 Å². The molecule has 94 valence electrons. The van der Waals surface area contributed by atoms with E-state index >= 15 is 0 Å². The van der Waals surface area contributed by atoms with Gasteiger partial charge in [-0.3, -0.25) is 0 Å². The van der Waals surface area contributed by atoms with Crippen LogP contribution in [0.3, 0.4) is 0 Å². The van der Waals surface area contributed by atoms with Gasteiger partial charge >= 0.3 is 0 Å². The molecule has 2 nitrogen and oxygen atoms in total. The first kappa shape index (κ1) is 12.8. The SMILES string of the molecule is CCOC1C(Br)CC1Oc1ccc(C)c(F)c1. The maximum Gasteiger partial charge on any atom is 0.129 e. The number of alkyl halides is 1. The van der Waals surface area contributed by atoms with Crippen molar-refractivity contribution in [2.45, 2.75) is 37.3 Å². The molecule has 3 atom stereocenters. The molecular weight excluding hydrogens is 287 g/mol. The van der Waals surface area contributed by atoms with Gasteiger partial charge in [-0.1, -0.05) is 22.0 Å². The monoisotopic (exact) mass is 302 g/mol. The van der Waals surface area contributed by atoms with E-state index in [1.54, 1.807) is 19.1 Å². The van der Waals surface area contributed by atoms with Gasteiger partial charge in [-0.15, -0.1) is 0 Å². The lowest BCUT2D eigenvalue weighted by atomic mass is 9.91. The molecule has 17 heavy (non-hydrogen) atoms. The summed E-state index contributed by atoms with van der Waals surface area (Å²) in [5, 5.41) is 0. The molecule has 0 aromatic heterocycles. The third kappa shape index (κ3) is 2.80. The molecule has 3 unspecified atom stereocenters. The number of hydrogen-bond acceptors (Lipinski definition) is 2. The average Bonchev–Trinajstić information content (AvgIpc) is 2.30. The van der Waals surface area contributed by atoms with Crippen LogP contribution in [0.1, 0.15) is 18.9 Å². The van der Waals surface area contributed by atoms with Crippen molar-refractivity contribution in [3.63, 3.8) is 0 Å². The van der Waals surface area contributed by atoms with Gasteiger partial charge in [0, 0.05) is 23.9 Å². The van der Waals surface area contributed by atoms with Crippen molar-refractivity contribution in [2.24, 2.45) is 0 Å². The van der Waals surface area contributed by atoms with Crippen LogP contribution in [0.2, 0.25) is 0 Å². The van der Waals surface area contributed by atoms with E-state index in [2.05, 4.69) is 15.9 Å². The number of aryl methyl sites for hydroxylation is 1. The summed E-state index contributed by atoms with van der Waals surface area (Å²) in [4.78, 5) is 0.336. The molecule has 0 amide bonds. The van der Waals surface area contributed by atoms with Crippen molar-refractivity contribution in [1.29, 1.82) is 0 Å². The second kappa shape index (κ2) is 5.36. The van der Waals surface area contributed by atoms with Crippen molar-refractivity contribution in [1.82, 2.24) is 0 Å². The normalized spacial score (nSPS) is 27.6. The third-order valence-electron chi connectivity index (χ3n) is 2.97. The third-order valence-corrected chi connectivity index (χ3v) is 3.87. The van der Waals surface area contributed by atoms with Crippen molar-refractivity contribution in [3.8, 4) is 5.75 Å². The summed E-state index contributed by atoms with van der Waals surface area (Å²) in [6.45, 7) is 4.36. The minimum absolute atomic E-state index is 0.0152. The molecule has 1 aliphatic rings. The van der Waals surface area contributed by atoms with Crippen LogP contribution in [-0.4, -0.2) is 23.6 Å². The Bertz CT molecular complexity index is 397. The summed E-state index contributed by atoms with van der Waals surface area (Å²) in [5.74, 6) is 0.340. The quantitative estimate of drug-likeness (QED) is 0.793. The Balaban J connectivity index is 1.99. The van der Waals surface area contributed by atoms with Crippen molar-refractivity contribution >= 4 is 15.9 Å². The number of halogens is 2. The Kier molecular flexibility index (Phi) is 4.05. The molecule has 0 radical (unpaired) electrons. The summed E-state index contributed by atoms with van der Waals surface area (Å²) < 4.78 is 24.6. The van der Waals surface area contributed by atoms with Gasteiger partial charge in [0.25, 0.3) is 0 Å². The first-order valence-corrected chi connectivity index (χ1v) is 6.72. The molecule has 2 rings (SSSR count). The molecule has 1 saturated carbocycles. The van der Waals surface area contributed by atoms with E-state index in [4.69, 9.17) is 9.47 Å². The van der Waals surface area contributed by atoms with Gasteiger partial charge in [0.05, 0.1) is 0 Å². The van der Waals surface area contributed by atoms with Gasteiger partial charge in [-0.05, 0) is 25.5 Å². The van der Waals surface area contributed by atoms with Crippen LogP contribution in [0.5, 0.6) is 5.75 Å². The van der Waals surface area contributed by atoms with Crippen LogP contribution in [0.4, 0.5) is 4.39 Å². The van der Waals surface area contributed by atoms with E-state index in [-0.39, 0.29) is 18.0 Å². The standard InChI is InChI=1S/C13H16BrFO2/c1-3-16-13-10(14)7-12(13)17-9-5-4-8(2)11(15)6-9/h4-6,10,12-13H,3,7H2,1-2H3. The molecule has 4 heteroatoms. The molecule has 1 aromatic carbocycles. The molecule has 0 heterocycles. The largest absolute Gasteiger partial charge is 0.488 e. The molecule has 1 fully saturated rings. The number of ether oxygens (including phenoxy) is 2. The lowest BCUT2D eigenvalue weighted by molar-refractivity contribution is -0.0724. The molecular formula is C13H16BrFO2. The van der Waals surface area contributed by atoms with E-state index in [9.17, 15) is 4.39 Å². The van der Waals surface area contributed by atoms with Crippen LogP contribution in [0.25, 0.3) is 0 Å². The summed E-state index contributed by atoms with van der Waals surface area (Å²) in [5.41, 5.74) is 0.630. The van der Waals surface area contributed by atoms with E-state index < -0.39 is 0 Å². The highest BCUT2D eigenvalue weighted by atomic mass is 79.9. The molecule has 1 aromatic rings. The van der Waals surface area contributed by atoms with Gasteiger partial charge < -0.3 is 9.47 Å². The summed E-state index contributed by atoms with van der Waals surface area (Å²) in [7, 11) is 0. The zero-order valence-corrected chi connectivity index (χ0v) is 11.5. The molecule has 0 bridgehead atoms. The summed E-state index contributed by atoms with van der Waals surface area (Å²) >= 11 is 3.53. The maximum atomic E-state index is 13.4. The average molecular weight is 303 g/mol. The molecule has 0 aliphatic heterocycles. The minimum atomic E-state index is -0.231. The summed E-state index contributed by atoms with van der Waals surface area (Å²) in [6, 6.07) is 4.95. The smallest absolute Gasteiger partial charge is 0.129 e. The van der Waals surface area contributed by atoms with Crippen LogP contribution in [0.15, 0.2) is 18.2 Å². The topological polar surface area (TPSA) is 18.5 Å². The van der Waals surface area contributed by atoms with Gasteiger partial charge in [0.15, 0.2) is 0 Å². The fraction of sp³-hybridized carbons (Fsp3) is 0.538. The predicted molar refractivity (Wildman–Crippen MR) is 68.3 cm³/mol. The van der Waals surface area contributed by atoms with Crippen LogP contribution in [0, 0.1) is 12.7 Å². The van der Waals surface area contributed by atoms with Crippen molar-refractivity contribution in [2.75, 3.05) is 6.61 Å². The molecule has 0 saturated heterocycles. The summed E-state index contributed by atoms with van der Waals surface area (Å²) in [6.07, 6.45) is 0.964. The number of benzene rings is 1. The predicted octanol–water partition coefficient (Wildman–Crippen LogP) is 3.45. The van der Waals surface area contributed by atoms with E-state index in [1.165, 1.54) is 6.07 Å². The van der Waals surface area contributed by atoms with Crippen LogP contribution < -0.4 is 4.74 Å². The van der Waals surface area contributed by atoms with Gasteiger partial charge in [0.2, 0.25) is 0 Å². The zero-order chi connectivity index (χ0) is 12.4. The molecule has 1 aliphatic carbocycles. The Morgan fingerprint density at radius 2 is 2.24 bits per heavy atom. The van der Waals surface area contributed by atoms with Gasteiger partial charge in [0.1, 0.15) is 23.8 Å². The first-order chi connectivity index (χ1) is 8.11.